The van der Waals surface area contributed by atoms with E-state index in [0.29, 0.717) is 22.8 Å². The van der Waals surface area contributed by atoms with E-state index in [-0.39, 0.29) is 18.0 Å². The van der Waals surface area contributed by atoms with Gasteiger partial charge in [0.05, 0.1) is 34.0 Å². The first-order valence-corrected chi connectivity index (χ1v) is 8.84. The lowest BCUT2D eigenvalue weighted by Crippen LogP contribution is -2.45. The monoisotopic (exact) mass is 374 g/mol. The number of fused-ring (bicyclic) bond motifs is 1. The zero-order valence-corrected chi connectivity index (χ0v) is 15.5. The van der Waals surface area contributed by atoms with Crippen LogP contribution in [0.1, 0.15) is 21.7 Å². The van der Waals surface area contributed by atoms with E-state index in [1.54, 1.807) is 42.8 Å². The molecule has 0 saturated heterocycles. The molecule has 140 valence electrons. The minimum atomic E-state index is -0.749. The summed E-state index contributed by atoms with van der Waals surface area (Å²) in [5.74, 6) is -1.77. The number of rotatable bonds is 3. The van der Waals surface area contributed by atoms with Gasteiger partial charge >= 0.3 is 0 Å². The van der Waals surface area contributed by atoms with Crippen LogP contribution in [0.15, 0.2) is 54.6 Å². The van der Waals surface area contributed by atoms with Gasteiger partial charge < -0.3 is 5.32 Å². The number of amides is 2. The molecule has 2 heterocycles. The fraction of sp³-hybridized carbons (Fsp3) is 0.143. The van der Waals surface area contributed by atoms with Crippen LogP contribution in [0.4, 0.5) is 11.4 Å². The van der Waals surface area contributed by atoms with Crippen molar-refractivity contribution in [3.63, 3.8) is 0 Å². The molecule has 2 aromatic carbocycles. The van der Waals surface area contributed by atoms with Gasteiger partial charge in [0.15, 0.2) is 0 Å². The van der Waals surface area contributed by atoms with Crippen molar-refractivity contribution in [3.8, 4) is 5.69 Å². The van der Waals surface area contributed by atoms with Crippen LogP contribution in [-0.2, 0) is 9.59 Å². The number of ketones is 1. The summed E-state index contributed by atoms with van der Waals surface area (Å²) in [7, 11) is 0. The second-order valence-electron chi connectivity index (χ2n) is 6.58. The van der Waals surface area contributed by atoms with Crippen molar-refractivity contribution in [1.82, 2.24) is 9.78 Å². The van der Waals surface area contributed by atoms with Crippen LogP contribution >= 0.6 is 0 Å². The van der Waals surface area contributed by atoms with Crippen LogP contribution in [0, 0.1) is 13.8 Å². The van der Waals surface area contributed by atoms with Crippen LogP contribution in [0.5, 0.6) is 0 Å². The molecule has 7 heteroatoms. The number of carbonyl (C=O) groups excluding carboxylic acids is 3. The Morgan fingerprint density at radius 2 is 1.68 bits per heavy atom. The highest BCUT2D eigenvalue weighted by Gasteiger charge is 2.33. The molecule has 0 fully saturated rings. The quantitative estimate of drug-likeness (QED) is 0.564. The number of nitrogens with one attached hydrogen (secondary N) is 1. The van der Waals surface area contributed by atoms with Crippen LogP contribution in [0.25, 0.3) is 5.69 Å². The first-order valence-electron chi connectivity index (χ1n) is 8.84. The van der Waals surface area contributed by atoms with Crippen molar-refractivity contribution < 1.29 is 14.4 Å². The van der Waals surface area contributed by atoms with Gasteiger partial charge in [-0.15, -0.1) is 0 Å². The SMILES string of the molecule is Cc1nn(-c2ccccc2)c(C)c1C(=O)C(=O)N1CC(=O)Nc2ccccc21. The Balaban J connectivity index is 1.72. The predicted octanol–water partition coefficient (Wildman–Crippen LogP) is 2.66. The molecule has 0 bridgehead atoms. The lowest BCUT2D eigenvalue weighted by Gasteiger charge is -2.28. The van der Waals surface area contributed by atoms with Crippen LogP contribution in [-0.4, -0.2) is 33.9 Å². The number of carbonyl (C=O) groups is 3. The molecule has 2 amide bonds. The third-order valence-electron chi connectivity index (χ3n) is 4.73. The number of aryl methyl sites for hydroxylation is 1. The molecule has 4 rings (SSSR count). The average Bonchev–Trinajstić information content (AvgIpc) is 3.01. The highest BCUT2D eigenvalue weighted by molar-refractivity contribution is 6.48. The molecule has 1 aliphatic heterocycles. The normalized spacial score (nSPS) is 13.1. The summed E-state index contributed by atoms with van der Waals surface area (Å²) in [5.41, 5.74) is 3.13. The minimum Gasteiger partial charge on any atom is -0.323 e. The van der Waals surface area contributed by atoms with E-state index in [4.69, 9.17) is 0 Å². The molecular formula is C21H18N4O3. The van der Waals surface area contributed by atoms with Gasteiger partial charge in [0, 0.05) is 0 Å². The Kier molecular flexibility index (Phi) is 4.27. The molecule has 28 heavy (non-hydrogen) atoms. The second kappa shape index (κ2) is 6.77. The summed E-state index contributed by atoms with van der Waals surface area (Å²) in [6.07, 6.45) is 0. The average molecular weight is 374 g/mol. The molecule has 7 nitrogen and oxygen atoms in total. The molecule has 0 atom stereocenters. The number of Topliss-reactive ketones (excluding diaryl/α,β-unsaturated/α-hetero) is 1. The van der Waals surface area contributed by atoms with E-state index in [1.807, 2.05) is 30.3 Å². The first-order chi connectivity index (χ1) is 13.5. The largest absolute Gasteiger partial charge is 0.323 e. The van der Waals surface area contributed by atoms with Crippen LogP contribution in [0.3, 0.4) is 0 Å². The van der Waals surface area contributed by atoms with Gasteiger partial charge in [-0.05, 0) is 38.1 Å². The van der Waals surface area contributed by atoms with Gasteiger partial charge in [0.2, 0.25) is 5.91 Å². The van der Waals surface area contributed by atoms with Gasteiger partial charge in [-0.2, -0.15) is 5.10 Å². The number of benzene rings is 2. The topological polar surface area (TPSA) is 84.3 Å². The Labute approximate surface area is 161 Å². The Morgan fingerprint density at radius 3 is 2.43 bits per heavy atom. The van der Waals surface area contributed by atoms with E-state index in [0.717, 1.165) is 5.69 Å². The highest BCUT2D eigenvalue weighted by atomic mass is 16.2. The maximum absolute atomic E-state index is 13.1. The van der Waals surface area contributed by atoms with Gasteiger partial charge in [-0.25, -0.2) is 4.68 Å². The third kappa shape index (κ3) is 2.87. The van der Waals surface area contributed by atoms with E-state index in [2.05, 4.69) is 10.4 Å². The smallest absolute Gasteiger partial charge is 0.300 e. The molecule has 3 aromatic rings. The minimum absolute atomic E-state index is 0.202. The molecule has 1 N–H and O–H groups in total. The van der Waals surface area contributed by atoms with Crippen molar-refractivity contribution in [2.24, 2.45) is 0 Å². The van der Waals surface area contributed by atoms with E-state index < -0.39 is 11.7 Å². The molecule has 0 unspecified atom stereocenters. The lowest BCUT2D eigenvalue weighted by molar-refractivity contribution is -0.119. The fourth-order valence-corrected chi connectivity index (χ4v) is 3.44. The number of hydrogen-bond donors (Lipinski definition) is 1. The Bertz CT molecular complexity index is 1100. The number of nitrogens with zero attached hydrogens (tertiary/aromatic N) is 3. The zero-order chi connectivity index (χ0) is 19.8. The Hall–Kier alpha value is -3.74. The number of aromatic nitrogens is 2. The molecular weight excluding hydrogens is 356 g/mol. The third-order valence-corrected chi connectivity index (χ3v) is 4.73. The molecule has 0 spiro atoms. The molecule has 1 aromatic heterocycles. The standard InChI is InChI=1S/C21H18N4O3/c1-13-19(14(2)25(23-13)15-8-4-3-5-9-15)20(27)21(28)24-12-18(26)22-16-10-6-7-11-17(16)24/h3-11H,12H2,1-2H3,(H,22,26). The predicted molar refractivity (Wildman–Crippen MR) is 105 cm³/mol. The zero-order valence-electron chi connectivity index (χ0n) is 15.5. The molecule has 0 saturated carbocycles. The number of anilines is 2. The molecule has 1 aliphatic rings. The van der Waals surface area contributed by atoms with Gasteiger partial charge in [0.1, 0.15) is 6.54 Å². The van der Waals surface area contributed by atoms with E-state index in [9.17, 15) is 14.4 Å². The number of para-hydroxylation sites is 3. The van der Waals surface area contributed by atoms with E-state index in [1.165, 1.54) is 4.90 Å². The summed E-state index contributed by atoms with van der Waals surface area (Å²) in [6, 6.07) is 16.3. The fourth-order valence-electron chi connectivity index (χ4n) is 3.44. The maximum atomic E-state index is 13.1. The van der Waals surface area contributed by atoms with Crippen molar-refractivity contribution in [2.45, 2.75) is 13.8 Å². The Morgan fingerprint density at radius 1 is 1.00 bits per heavy atom. The van der Waals surface area contributed by atoms with Crippen molar-refractivity contribution >= 4 is 29.0 Å². The second-order valence-corrected chi connectivity index (χ2v) is 6.58. The summed E-state index contributed by atoms with van der Waals surface area (Å²) >= 11 is 0. The summed E-state index contributed by atoms with van der Waals surface area (Å²) in [5, 5.41) is 7.15. The van der Waals surface area contributed by atoms with Crippen LogP contribution in [0.2, 0.25) is 0 Å². The van der Waals surface area contributed by atoms with Crippen molar-refractivity contribution in [1.29, 1.82) is 0 Å². The number of hydrogen-bond acceptors (Lipinski definition) is 4. The molecule has 0 radical (unpaired) electrons. The van der Waals surface area contributed by atoms with E-state index >= 15 is 0 Å². The highest BCUT2D eigenvalue weighted by Crippen LogP contribution is 2.30. The lowest BCUT2D eigenvalue weighted by atomic mass is 10.1. The van der Waals surface area contributed by atoms with Crippen molar-refractivity contribution in [2.75, 3.05) is 16.8 Å². The molecule has 0 aliphatic carbocycles. The maximum Gasteiger partial charge on any atom is 0.300 e. The summed E-state index contributed by atoms with van der Waals surface area (Å²) in [4.78, 5) is 39.3. The summed E-state index contributed by atoms with van der Waals surface area (Å²) in [6.45, 7) is 3.25. The van der Waals surface area contributed by atoms with Gasteiger partial charge in [-0.3, -0.25) is 19.3 Å². The van der Waals surface area contributed by atoms with Gasteiger partial charge in [0.25, 0.3) is 11.7 Å². The first kappa shape index (κ1) is 17.7. The van der Waals surface area contributed by atoms with Crippen LogP contribution < -0.4 is 10.2 Å². The summed E-state index contributed by atoms with van der Waals surface area (Å²) < 4.78 is 1.65. The van der Waals surface area contributed by atoms with Crippen molar-refractivity contribution in [3.05, 3.63) is 71.5 Å². The van der Waals surface area contributed by atoms with Gasteiger partial charge in [-0.1, -0.05) is 30.3 Å².